The van der Waals surface area contributed by atoms with E-state index < -0.39 is 0 Å². The molecular formula is C18H20ClN5OS. The highest BCUT2D eigenvalue weighted by atomic mass is 35.5. The van der Waals surface area contributed by atoms with Crippen molar-refractivity contribution in [1.82, 2.24) is 20.3 Å². The molecule has 0 N–H and O–H groups in total. The molecule has 6 nitrogen and oxygen atoms in total. The van der Waals surface area contributed by atoms with Gasteiger partial charge in [0.25, 0.3) is 0 Å². The quantitative estimate of drug-likeness (QED) is 0.658. The number of nitrogens with zero attached hydrogens (tertiary/aromatic N) is 5. The van der Waals surface area contributed by atoms with Crippen LogP contribution in [0.3, 0.4) is 0 Å². The molecule has 0 spiro atoms. The second-order valence-electron chi connectivity index (χ2n) is 6.67. The van der Waals surface area contributed by atoms with E-state index in [-0.39, 0.29) is 0 Å². The molecule has 1 atom stereocenters. The SMILES string of the molecule is Cc1nc(CC2CCCN(c3nnc(Cc4ccc(Cl)cc4)s3)C2)no1. The van der Waals surface area contributed by atoms with Gasteiger partial charge >= 0.3 is 0 Å². The Hall–Kier alpha value is -1.99. The lowest BCUT2D eigenvalue weighted by Gasteiger charge is -2.31. The lowest BCUT2D eigenvalue weighted by atomic mass is 9.95. The summed E-state index contributed by atoms with van der Waals surface area (Å²) in [7, 11) is 0. The summed E-state index contributed by atoms with van der Waals surface area (Å²) >= 11 is 7.62. The summed E-state index contributed by atoms with van der Waals surface area (Å²) in [5, 5.41) is 15.6. The van der Waals surface area contributed by atoms with Gasteiger partial charge in [-0.15, -0.1) is 10.2 Å². The number of benzene rings is 1. The Kier molecular flexibility index (Phi) is 5.17. The van der Waals surface area contributed by atoms with Gasteiger partial charge in [-0.2, -0.15) is 4.98 Å². The molecule has 1 saturated heterocycles. The first-order chi connectivity index (χ1) is 12.7. The van der Waals surface area contributed by atoms with Crippen LogP contribution in [0.5, 0.6) is 0 Å². The molecule has 1 unspecified atom stereocenters. The molecular weight excluding hydrogens is 370 g/mol. The monoisotopic (exact) mass is 389 g/mol. The Morgan fingerprint density at radius 3 is 2.88 bits per heavy atom. The van der Waals surface area contributed by atoms with Gasteiger partial charge < -0.3 is 9.42 Å². The summed E-state index contributed by atoms with van der Waals surface area (Å²) < 4.78 is 5.08. The third-order valence-corrected chi connectivity index (χ3v) is 5.79. The van der Waals surface area contributed by atoms with Crippen LogP contribution >= 0.6 is 22.9 Å². The summed E-state index contributed by atoms with van der Waals surface area (Å²) in [6, 6.07) is 7.89. The van der Waals surface area contributed by atoms with E-state index in [1.807, 2.05) is 31.2 Å². The maximum Gasteiger partial charge on any atom is 0.223 e. The third-order valence-electron chi connectivity index (χ3n) is 4.56. The summed E-state index contributed by atoms with van der Waals surface area (Å²) in [5.41, 5.74) is 1.20. The number of rotatable bonds is 5. The van der Waals surface area contributed by atoms with Crippen molar-refractivity contribution < 1.29 is 4.52 Å². The molecule has 0 amide bonds. The Balaban J connectivity index is 1.39. The van der Waals surface area contributed by atoms with E-state index in [2.05, 4.69) is 25.2 Å². The van der Waals surface area contributed by atoms with Crippen LogP contribution in [0.25, 0.3) is 0 Å². The highest BCUT2D eigenvalue weighted by molar-refractivity contribution is 7.15. The van der Waals surface area contributed by atoms with Crippen LogP contribution in [0.1, 0.15) is 35.1 Å². The highest BCUT2D eigenvalue weighted by Crippen LogP contribution is 2.28. The second-order valence-corrected chi connectivity index (χ2v) is 8.15. The van der Waals surface area contributed by atoms with Gasteiger partial charge in [0.2, 0.25) is 11.0 Å². The van der Waals surface area contributed by atoms with Crippen molar-refractivity contribution in [2.24, 2.45) is 5.92 Å². The first-order valence-electron chi connectivity index (χ1n) is 8.76. The smallest absolute Gasteiger partial charge is 0.223 e. The Labute approximate surface area is 161 Å². The van der Waals surface area contributed by atoms with Crippen LogP contribution in [0.4, 0.5) is 5.13 Å². The number of aromatic nitrogens is 4. The van der Waals surface area contributed by atoms with Gasteiger partial charge in [-0.05, 0) is 36.5 Å². The van der Waals surface area contributed by atoms with Gasteiger partial charge in [-0.3, -0.25) is 0 Å². The molecule has 4 rings (SSSR count). The predicted molar refractivity (Wildman–Crippen MR) is 102 cm³/mol. The van der Waals surface area contributed by atoms with E-state index in [1.54, 1.807) is 11.3 Å². The topological polar surface area (TPSA) is 67.9 Å². The Bertz CT molecular complexity index is 863. The minimum atomic E-state index is 0.518. The lowest BCUT2D eigenvalue weighted by Crippen LogP contribution is -2.36. The van der Waals surface area contributed by atoms with E-state index in [4.69, 9.17) is 16.1 Å². The zero-order chi connectivity index (χ0) is 17.9. The molecule has 3 heterocycles. The maximum atomic E-state index is 5.95. The van der Waals surface area contributed by atoms with Crippen molar-refractivity contribution in [3.05, 3.63) is 51.6 Å². The average molecular weight is 390 g/mol. The molecule has 0 saturated carbocycles. The Morgan fingerprint density at radius 2 is 2.12 bits per heavy atom. The van der Waals surface area contributed by atoms with Gasteiger partial charge in [0, 0.05) is 37.9 Å². The fourth-order valence-electron chi connectivity index (χ4n) is 3.31. The molecule has 136 valence electrons. The Morgan fingerprint density at radius 1 is 1.27 bits per heavy atom. The van der Waals surface area contributed by atoms with Gasteiger partial charge in [0.1, 0.15) is 5.01 Å². The zero-order valence-electron chi connectivity index (χ0n) is 14.6. The van der Waals surface area contributed by atoms with E-state index in [9.17, 15) is 0 Å². The van der Waals surface area contributed by atoms with Gasteiger partial charge in [-0.1, -0.05) is 40.2 Å². The van der Waals surface area contributed by atoms with Gasteiger partial charge in [-0.25, -0.2) is 0 Å². The number of hydrogen-bond donors (Lipinski definition) is 0. The first-order valence-corrected chi connectivity index (χ1v) is 9.96. The van der Waals surface area contributed by atoms with Crippen LogP contribution in [0.15, 0.2) is 28.8 Å². The predicted octanol–water partition coefficient (Wildman–Crippen LogP) is 3.93. The first kappa shape index (κ1) is 17.4. The molecule has 26 heavy (non-hydrogen) atoms. The standard InChI is InChI=1S/C18H20ClN5OS/c1-12-20-16(23-25-12)9-14-3-2-8-24(11-14)18-22-21-17(26-18)10-13-4-6-15(19)7-5-13/h4-7,14H,2-3,8-11H2,1H3. The molecule has 3 aromatic rings. The number of halogens is 1. The summed E-state index contributed by atoms with van der Waals surface area (Å²) in [6.45, 7) is 3.81. The van der Waals surface area contributed by atoms with Crippen LogP contribution in [-0.2, 0) is 12.8 Å². The molecule has 1 aliphatic heterocycles. The minimum Gasteiger partial charge on any atom is -0.346 e. The van der Waals surface area contributed by atoms with Crippen molar-refractivity contribution in [2.75, 3.05) is 18.0 Å². The summed E-state index contributed by atoms with van der Waals surface area (Å²) in [4.78, 5) is 6.67. The molecule has 1 aliphatic rings. The molecule has 8 heteroatoms. The van der Waals surface area contributed by atoms with Crippen molar-refractivity contribution >= 4 is 28.1 Å². The van der Waals surface area contributed by atoms with Crippen molar-refractivity contribution in [3.63, 3.8) is 0 Å². The number of hydrogen-bond acceptors (Lipinski definition) is 7. The molecule has 2 aromatic heterocycles. The third kappa shape index (κ3) is 4.22. The molecule has 0 bridgehead atoms. The highest BCUT2D eigenvalue weighted by Gasteiger charge is 2.24. The van der Waals surface area contributed by atoms with Crippen LogP contribution in [0.2, 0.25) is 5.02 Å². The summed E-state index contributed by atoms with van der Waals surface area (Å²) in [5.74, 6) is 1.95. The zero-order valence-corrected chi connectivity index (χ0v) is 16.1. The van der Waals surface area contributed by atoms with Crippen molar-refractivity contribution in [1.29, 1.82) is 0 Å². The van der Waals surface area contributed by atoms with E-state index in [0.717, 1.165) is 53.3 Å². The van der Waals surface area contributed by atoms with Crippen LogP contribution in [0, 0.1) is 12.8 Å². The van der Waals surface area contributed by atoms with Crippen LogP contribution in [-0.4, -0.2) is 33.4 Å². The van der Waals surface area contributed by atoms with Crippen molar-refractivity contribution in [2.45, 2.75) is 32.6 Å². The fraction of sp³-hybridized carbons (Fsp3) is 0.444. The number of anilines is 1. The van der Waals surface area contributed by atoms with Crippen LogP contribution < -0.4 is 4.90 Å². The van der Waals surface area contributed by atoms with E-state index in [0.29, 0.717) is 11.8 Å². The summed E-state index contributed by atoms with van der Waals surface area (Å²) in [6.07, 6.45) is 3.96. The van der Waals surface area contributed by atoms with E-state index in [1.165, 1.54) is 12.0 Å². The van der Waals surface area contributed by atoms with Gasteiger partial charge in [0.05, 0.1) is 0 Å². The van der Waals surface area contributed by atoms with Gasteiger partial charge in [0.15, 0.2) is 5.82 Å². The lowest BCUT2D eigenvalue weighted by molar-refractivity contribution is 0.369. The molecule has 1 fully saturated rings. The molecule has 1 aromatic carbocycles. The number of piperidine rings is 1. The number of aryl methyl sites for hydroxylation is 1. The second kappa shape index (κ2) is 7.72. The maximum absolute atomic E-state index is 5.95. The largest absolute Gasteiger partial charge is 0.346 e. The van der Waals surface area contributed by atoms with E-state index >= 15 is 0 Å². The average Bonchev–Trinajstić information content (AvgIpc) is 3.26. The minimum absolute atomic E-state index is 0.518. The molecule has 0 radical (unpaired) electrons. The molecule has 0 aliphatic carbocycles. The normalized spacial score (nSPS) is 17.6. The fourth-order valence-corrected chi connectivity index (χ4v) is 4.34. The van der Waals surface area contributed by atoms with Crippen molar-refractivity contribution in [3.8, 4) is 0 Å².